The molecule has 2 N–H and O–H groups in total. The van der Waals surface area contributed by atoms with Gasteiger partial charge in [-0.05, 0) is 55.6 Å². The molecule has 3 aromatic rings. The van der Waals surface area contributed by atoms with Crippen LogP contribution in [0.3, 0.4) is 0 Å². The fraction of sp³-hybridized carbons (Fsp3) is 0.259. The van der Waals surface area contributed by atoms with E-state index in [2.05, 4.69) is 5.10 Å². The molecule has 1 unspecified atom stereocenters. The van der Waals surface area contributed by atoms with Gasteiger partial charge in [-0.2, -0.15) is 5.10 Å². The van der Waals surface area contributed by atoms with Crippen LogP contribution >= 0.6 is 11.8 Å². The number of hydrogen-bond acceptors (Lipinski definition) is 5. The lowest BCUT2D eigenvalue weighted by atomic mass is 10.00. The van der Waals surface area contributed by atoms with E-state index in [1.54, 1.807) is 6.92 Å². The zero-order valence-electron chi connectivity index (χ0n) is 19.4. The quantitative estimate of drug-likeness (QED) is 0.432. The Kier molecular flexibility index (Phi) is 7.95. The Balaban J connectivity index is 1.72. The first-order valence-corrected chi connectivity index (χ1v) is 12.2. The summed E-state index contributed by atoms with van der Waals surface area (Å²) in [4.78, 5) is 12.8. The number of nitrogens with two attached hydrogens (primary N) is 1. The van der Waals surface area contributed by atoms with Crippen LogP contribution in [-0.4, -0.2) is 28.6 Å². The Morgan fingerprint density at radius 2 is 1.77 bits per heavy atom. The van der Waals surface area contributed by atoms with Crippen molar-refractivity contribution in [3.05, 3.63) is 107 Å². The number of halogens is 2. The largest absolute Gasteiger partial charge is 0.364 e. The zero-order chi connectivity index (χ0) is 24.8. The summed E-state index contributed by atoms with van der Waals surface area (Å²) in [6, 6.07) is 22.2. The Hall–Kier alpha value is -3.07. The summed E-state index contributed by atoms with van der Waals surface area (Å²) in [6.45, 7) is 2.33. The van der Waals surface area contributed by atoms with Crippen LogP contribution in [0.4, 0.5) is 8.78 Å². The van der Waals surface area contributed by atoms with Gasteiger partial charge in [-0.3, -0.25) is 4.79 Å². The summed E-state index contributed by atoms with van der Waals surface area (Å²) in [5.41, 5.74) is 7.61. The molecule has 182 valence electrons. The lowest BCUT2D eigenvalue weighted by molar-refractivity contribution is -0.147. The molecule has 1 aliphatic rings. The molecule has 8 heteroatoms. The number of ether oxygens (including phenoxy) is 1. The maximum atomic E-state index is 14.7. The van der Waals surface area contributed by atoms with Crippen LogP contribution in [0, 0.1) is 11.6 Å². The Morgan fingerprint density at radius 3 is 2.46 bits per heavy atom. The van der Waals surface area contributed by atoms with E-state index in [1.165, 1.54) is 16.8 Å². The standard InChI is InChI=1S/C27H27F2N3O2S/c1-19(34-18-20-9-4-2-5-10-20)26(33)32-27(15-8-16-30,21-11-6-3-7-12-21)35-25(31-32)23-17-22(28)13-14-24(23)29/h2-7,9-14,17,19H,8,15-16,18,30H2,1H3/t19-,27?/m0/s1. The number of nitrogens with zero attached hydrogens (tertiary/aromatic N) is 2. The van der Waals surface area contributed by atoms with E-state index >= 15 is 0 Å². The maximum absolute atomic E-state index is 14.7. The summed E-state index contributed by atoms with van der Waals surface area (Å²) in [7, 11) is 0. The topological polar surface area (TPSA) is 67.9 Å². The van der Waals surface area contributed by atoms with Gasteiger partial charge in [0.15, 0.2) is 0 Å². The second kappa shape index (κ2) is 11.1. The molecule has 0 fully saturated rings. The van der Waals surface area contributed by atoms with Gasteiger partial charge < -0.3 is 10.5 Å². The SMILES string of the molecule is C[C@H](OCc1ccccc1)C(=O)N1N=C(c2cc(F)ccc2F)SC1(CCCN)c1ccccc1. The third kappa shape index (κ3) is 5.45. The second-order valence-corrected chi connectivity index (χ2v) is 9.53. The van der Waals surface area contributed by atoms with E-state index in [0.29, 0.717) is 19.4 Å². The molecule has 1 aliphatic heterocycles. The molecule has 1 amide bonds. The van der Waals surface area contributed by atoms with Gasteiger partial charge in [0.25, 0.3) is 5.91 Å². The zero-order valence-corrected chi connectivity index (χ0v) is 20.2. The number of hydrogen-bond donors (Lipinski definition) is 1. The first-order chi connectivity index (χ1) is 16.9. The highest BCUT2D eigenvalue weighted by molar-refractivity contribution is 8.15. The first-order valence-electron chi connectivity index (χ1n) is 11.4. The molecule has 0 saturated carbocycles. The summed E-state index contributed by atoms with van der Waals surface area (Å²) in [5.74, 6) is -1.57. The van der Waals surface area contributed by atoms with E-state index in [9.17, 15) is 13.6 Å². The van der Waals surface area contributed by atoms with Crippen LogP contribution in [0.1, 0.15) is 36.5 Å². The molecule has 3 aromatic carbocycles. The smallest absolute Gasteiger partial charge is 0.273 e. The molecule has 0 radical (unpaired) electrons. The Bertz CT molecular complexity index is 1190. The monoisotopic (exact) mass is 495 g/mol. The molecule has 0 bridgehead atoms. The number of amides is 1. The van der Waals surface area contributed by atoms with Crippen molar-refractivity contribution in [1.29, 1.82) is 0 Å². The Labute approximate surface area is 208 Å². The van der Waals surface area contributed by atoms with Gasteiger partial charge in [0.05, 0.1) is 6.61 Å². The summed E-state index contributed by atoms with van der Waals surface area (Å²) < 4.78 is 34.6. The first kappa shape index (κ1) is 25.0. The van der Waals surface area contributed by atoms with Gasteiger partial charge >= 0.3 is 0 Å². The van der Waals surface area contributed by atoms with Crippen LogP contribution in [0.25, 0.3) is 0 Å². The number of carbonyl (C=O) groups excluding carboxylic acids is 1. The third-order valence-corrected chi connectivity index (χ3v) is 7.25. The fourth-order valence-corrected chi connectivity index (χ4v) is 5.38. The van der Waals surface area contributed by atoms with Crippen molar-refractivity contribution >= 4 is 22.7 Å². The maximum Gasteiger partial charge on any atom is 0.273 e. The minimum absolute atomic E-state index is 0.0104. The predicted octanol–water partition coefficient (Wildman–Crippen LogP) is 5.40. The number of carbonyl (C=O) groups is 1. The van der Waals surface area contributed by atoms with Crippen molar-refractivity contribution in [2.75, 3.05) is 6.54 Å². The molecule has 0 saturated heterocycles. The number of rotatable bonds is 9. The van der Waals surface area contributed by atoms with Crippen molar-refractivity contribution < 1.29 is 18.3 Å². The van der Waals surface area contributed by atoms with Gasteiger partial charge in [0.2, 0.25) is 0 Å². The van der Waals surface area contributed by atoms with Gasteiger partial charge in [0.1, 0.15) is 27.7 Å². The average Bonchev–Trinajstić information content (AvgIpc) is 3.28. The molecule has 0 spiro atoms. The average molecular weight is 496 g/mol. The van der Waals surface area contributed by atoms with Crippen LogP contribution in [0.2, 0.25) is 0 Å². The van der Waals surface area contributed by atoms with E-state index in [1.807, 2.05) is 60.7 Å². The minimum Gasteiger partial charge on any atom is -0.364 e. The highest BCUT2D eigenvalue weighted by atomic mass is 32.2. The summed E-state index contributed by atoms with van der Waals surface area (Å²) >= 11 is 1.23. The number of thioether (sulfide) groups is 1. The molecule has 1 heterocycles. The van der Waals surface area contributed by atoms with Crippen molar-refractivity contribution in [3.8, 4) is 0 Å². The predicted molar refractivity (Wildman–Crippen MR) is 134 cm³/mol. The Morgan fingerprint density at radius 1 is 1.09 bits per heavy atom. The summed E-state index contributed by atoms with van der Waals surface area (Å²) in [5, 5.41) is 6.16. The van der Waals surface area contributed by atoms with E-state index in [-0.39, 0.29) is 23.1 Å². The van der Waals surface area contributed by atoms with Crippen molar-refractivity contribution in [2.24, 2.45) is 10.8 Å². The molecule has 4 rings (SSSR count). The molecular weight excluding hydrogens is 468 g/mol. The molecular formula is C27H27F2N3O2S. The molecule has 35 heavy (non-hydrogen) atoms. The molecule has 0 aromatic heterocycles. The molecule has 2 atom stereocenters. The minimum atomic E-state index is -0.976. The lowest BCUT2D eigenvalue weighted by Gasteiger charge is -2.37. The van der Waals surface area contributed by atoms with Crippen molar-refractivity contribution in [3.63, 3.8) is 0 Å². The number of hydrazone groups is 1. The second-order valence-electron chi connectivity index (χ2n) is 8.26. The van der Waals surface area contributed by atoms with Gasteiger partial charge in [-0.15, -0.1) is 0 Å². The van der Waals surface area contributed by atoms with Gasteiger partial charge in [0, 0.05) is 5.56 Å². The lowest BCUT2D eigenvalue weighted by Crippen LogP contribution is -2.46. The van der Waals surface area contributed by atoms with Crippen LogP contribution < -0.4 is 5.73 Å². The van der Waals surface area contributed by atoms with Crippen LogP contribution in [-0.2, 0) is 21.0 Å². The number of benzene rings is 3. The van der Waals surface area contributed by atoms with Crippen molar-refractivity contribution in [1.82, 2.24) is 5.01 Å². The highest BCUT2D eigenvalue weighted by Crippen LogP contribution is 2.50. The van der Waals surface area contributed by atoms with Gasteiger partial charge in [-0.25, -0.2) is 13.8 Å². The molecule has 5 nitrogen and oxygen atoms in total. The summed E-state index contributed by atoms with van der Waals surface area (Å²) in [6.07, 6.45) is 0.246. The molecule has 0 aliphatic carbocycles. The van der Waals surface area contributed by atoms with Crippen molar-refractivity contribution in [2.45, 2.75) is 37.3 Å². The van der Waals surface area contributed by atoms with Crippen LogP contribution in [0.15, 0.2) is 84.0 Å². The van der Waals surface area contributed by atoms with E-state index in [4.69, 9.17) is 10.5 Å². The van der Waals surface area contributed by atoms with Crippen LogP contribution in [0.5, 0.6) is 0 Å². The fourth-order valence-electron chi connectivity index (χ4n) is 3.95. The van der Waals surface area contributed by atoms with Gasteiger partial charge in [-0.1, -0.05) is 72.4 Å². The third-order valence-electron chi connectivity index (χ3n) is 5.80. The highest BCUT2D eigenvalue weighted by Gasteiger charge is 2.49. The van der Waals surface area contributed by atoms with E-state index < -0.39 is 22.6 Å². The van der Waals surface area contributed by atoms with E-state index in [0.717, 1.165) is 29.3 Å². The normalized spacial score (nSPS) is 18.4.